The fraction of sp³-hybridized carbons (Fsp3) is 0. The van der Waals surface area contributed by atoms with Crippen LogP contribution in [0, 0.1) is 0 Å². The van der Waals surface area contributed by atoms with Gasteiger partial charge in [-0.05, 0) is 158 Å². The Balaban J connectivity index is 0.000000104. The first-order valence-electron chi connectivity index (χ1n) is 42.8. The molecule has 0 amide bonds. The van der Waals surface area contributed by atoms with Crippen molar-refractivity contribution < 1.29 is 13.7 Å². The van der Waals surface area contributed by atoms with Crippen molar-refractivity contribution in [1.29, 1.82) is 0 Å². The fourth-order valence-corrected chi connectivity index (χ4v) is 28.9. The lowest BCUT2D eigenvalue weighted by Gasteiger charge is -2.25. The van der Waals surface area contributed by atoms with E-state index in [1.165, 1.54) is 5.39 Å². The Hall–Kier alpha value is -15.8. The van der Waals surface area contributed by atoms with Crippen LogP contribution in [0.3, 0.4) is 0 Å². The van der Waals surface area contributed by atoms with Crippen molar-refractivity contribution in [2.45, 2.75) is 0 Å². The van der Waals surface area contributed by atoms with Gasteiger partial charge in [0.25, 0.3) is 0 Å². The Bertz CT molecular complexity index is 9380. The van der Waals surface area contributed by atoms with E-state index in [9.17, 15) is 0 Å². The highest BCUT2D eigenvalue weighted by Gasteiger charge is 2.39. The van der Waals surface area contributed by atoms with E-state index >= 15 is 13.7 Å². The number of imidazole rings is 3. The highest BCUT2D eigenvalue weighted by Crippen LogP contribution is 2.55. The van der Waals surface area contributed by atoms with Crippen LogP contribution in [-0.4, -0.2) is 42.5 Å². The molecule has 0 bridgehead atoms. The molecule has 18 aromatic carbocycles. The molecule has 9 aromatic heterocycles. The van der Waals surface area contributed by atoms with E-state index in [0.29, 0.717) is 5.30 Å². The number of pyridine rings is 5. The third-order valence-corrected chi connectivity index (χ3v) is 35.0. The predicted octanol–water partition coefficient (Wildman–Crippen LogP) is 24.9. The van der Waals surface area contributed by atoms with Crippen molar-refractivity contribution in [3.05, 3.63) is 437 Å². The highest BCUT2D eigenvalue weighted by atomic mass is 31.2. The van der Waals surface area contributed by atoms with Gasteiger partial charge in [-0.1, -0.05) is 309 Å². The fourth-order valence-electron chi connectivity index (χ4n) is 20.2. The molecule has 0 saturated heterocycles. The van der Waals surface area contributed by atoms with Gasteiger partial charge in [-0.15, -0.1) is 0 Å². The Morgan fingerprint density at radius 2 is 0.555 bits per heavy atom. The minimum atomic E-state index is -3.57. The number of rotatable bonds is 9. The van der Waals surface area contributed by atoms with Gasteiger partial charge in [-0.3, -0.25) is 32.1 Å². The molecule has 27 rings (SSSR count). The van der Waals surface area contributed by atoms with E-state index in [1.807, 2.05) is 176 Å². The van der Waals surface area contributed by atoms with E-state index in [1.54, 1.807) is 18.6 Å². The minimum Gasteiger partial charge on any atom is -0.309 e. The monoisotopic (exact) mass is 1700 g/mol. The number of para-hydroxylation sites is 12. The van der Waals surface area contributed by atoms with E-state index in [2.05, 4.69) is 265 Å². The van der Waals surface area contributed by atoms with Crippen LogP contribution in [0.2, 0.25) is 0 Å². The van der Waals surface area contributed by atoms with Crippen LogP contribution in [0.15, 0.2) is 437 Å². The molecular formula is C113H72N9O3P3. The molecule has 0 radical (unpaired) electrons. The van der Waals surface area contributed by atoms with E-state index < -0.39 is 21.6 Å². The van der Waals surface area contributed by atoms with Gasteiger partial charge in [0.2, 0.25) is 7.29 Å². The maximum Gasteiger partial charge on any atom is 0.234 e. The zero-order valence-corrected chi connectivity index (χ0v) is 71.3. The van der Waals surface area contributed by atoms with Crippen molar-refractivity contribution in [2.75, 3.05) is 0 Å². The number of nitrogens with zero attached hydrogens (tertiary/aromatic N) is 9. The molecule has 0 aliphatic rings. The van der Waals surface area contributed by atoms with Gasteiger partial charge in [-0.2, -0.15) is 0 Å². The first-order valence-corrected chi connectivity index (χ1v) is 47.9. The average molecular weight is 1700 g/mol. The summed E-state index contributed by atoms with van der Waals surface area (Å²) in [5.74, 6) is 0. The molecule has 9 heterocycles. The molecule has 0 aliphatic carbocycles. The van der Waals surface area contributed by atoms with Crippen LogP contribution in [0.25, 0.3) is 180 Å². The normalized spacial score (nSPS) is 13.4. The topological polar surface area (TPSA) is 134 Å². The quantitative estimate of drug-likeness (QED) is 0.103. The third kappa shape index (κ3) is 11.3. The average Bonchev–Trinajstić information content (AvgIpc) is 1.50. The minimum absolute atomic E-state index is 0.705. The molecule has 0 N–H and O–H groups in total. The molecule has 3 atom stereocenters. The van der Waals surface area contributed by atoms with Crippen LogP contribution < -0.4 is 42.4 Å². The van der Waals surface area contributed by atoms with Crippen molar-refractivity contribution in [3.8, 4) is 0 Å². The zero-order chi connectivity index (χ0) is 84.9. The smallest absolute Gasteiger partial charge is 0.234 e. The van der Waals surface area contributed by atoms with Crippen LogP contribution in [0.5, 0.6) is 0 Å². The second-order valence-corrected chi connectivity index (χ2v) is 40.7. The van der Waals surface area contributed by atoms with Crippen molar-refractivity contribution in [2.24, 2.45) is 0 Å². The number of hydrogen-bond acceptors (Lipinski definition) is 8. The molecule has 3 unspecified atom stereocenters. The summed E-state index contributed by atoms with van der Waals surface area (Å²) in [7, 11) is -10.4. The summed E-state index contributed by atoms with van der Waals surface area (Å²) in [5, 5.41) is 25.1. The van der Waals surface area contributed by atoms with Gasteiger partial charge in [0.1, 0.15) is 16.9 Å². The second kappa shape index (κ2) is 29.4. The lowest BCUT2D eigenvalue weighted by atomic mass is 10.0. The standard InChI is InChI=1S/C39H25N2OP.C38H24N3OP.C36H23N4OP/c42-43(28-12-2-1-3-13-28,29-24-23-27-22-21-26-11-4-5-14-30(26)33(27)25-29)37-20-10-16-32-31-15-6-8-18-35(31)41-36-19-9-7-17-34(36)40-39(41)38(32)37;42-43(28-21-20-25-10-1-2-11-26(25)22-28,29-23-27-12-3-5-15-32(27)39-24-29)36-19-9-14-31-30-13-4-7-17-34(30)41-35-18-8-6-16-33(35)40-38(41)37(31)36;41-42(24-20-22-37-23-21-24,40-31-16-6-2-10-25(31)26-11-3-7-17-32(26)40)34-19-9-13-28-27-12-1-5-15-30(27)39-33-18-8-4-14-29(33)38-36(39)35(28)34/h1-25H;1-24H;1-23H. The van der Waals surface area contributed by atoms with Gasteiger partial charge in [0.15, 0.2) is 14.3 Å². The summed E-state index contributed by atoms with van der Waals surface area (Å²) < 4.78 is 57.6. The van der Waals surface area contributed by atoms with Crippen LogP contribution in [0.4, 0.5) is 0 Å². The first-order chi connectivity index (χ1) is 63.2. The Labute approximate surface area is 732 Å². The van der Waals surface area contributed by atoms with Crippen molar-refractivity contribution in [1.82, 2.24) is 42.5 Å². The third-order valence-electron chi connectivity index (χ3n) is 25.9. The lowest BCUT2D eigenvalue weighted by molar-refractivity contribution is 0.583. The Kier molecular flexibility index (Phi) is 17.2. The second-order valence-electron chi connectivity index (χ2n) is 32.7. The van der Waals surface area contributed by atoms with Crippen molar-refractivity contribution in [3.63, 3.8) is 0 Å². The summed E-state index contributed by atoms with van der Waals surface area (Å²) in [5.41, 5.74) is 14.2. The summed E-state index contributed by atoms with van der Waals surface area (Å²) in [4.78, 5) is 24.6. The highest BCUT2D eigenvalue weighted by molar-refractivity contribution is 7.86. The molecule has 602 valence electrons. The molecule has 0 fully saturated rings. The maximum atomic E-state index is 16.4. The molecular weight excluding hydrogens is 1620 g/mol. The molecule has 27 aromatic rings. The van der Waals surface area contributed by atoms with Gasteiger partial charge in [0.05, 0.1) is 66.2 Å². The predicted molar refractivity (Wildman–Crippen MR) is 536 cm³/mol. The Morgan fingerprint density at radius 1 is 0.211 bits per heavy atom. The molecule has 0 spiro atoms. The number of fused-ring (bicyclic) bond motifs is 32. The van der Waals surface area contributed by atoms with Gasteiger partial charge < -0.3 is 9.13 Å². The van der Waals surface area contributed by atoms with Crippen LogP contribution in [0.1, 0.15) is 0 Å². The summed E-state index contributed by atoms with van der Waals surface area (Å²) in [6, 6.07) is 142. The number of hydrogen-bond donors (Lipinski definition) is 0. The van der Waals surface area contributed by atoms with Crippen molar-refractivity contribution >= 4 is 244 Å². The maximum absolute atomic E-state index is 16.4. The zero-order valence-electron chi connectivity index (χ0n) is 68.7. The van der Waals surface area contributed by atoms with Gasteiger partial charge in [0, 0.05) is 110 Å². The Morgan fingerprint density at radius 3 is 1.06 bits per heavy atom. The molecule has 12 nitrogen and oxygen atoms in total. The summed E-state index contributed by atoms with van der Waals surface area (Å²) in [6.07, 6.45) is 5.27. The largest absolute Gasteiger partial charge is 0.309 e. The van der Waals surface area contributed by atoms with E-state index in [4.69, 9.17) is 19.9 Å². The van der Waals surface area contributed by atoms with Gasteiger partial charge in [-0.25, -0.2) is 15.0 Å². The molecule has 128 heavy (non-hydrogen) atoms. The van der Waals surface area contributed by atoms with Crippen LogP contribution in [-0.2, 0) is 13.7 Å². The van der Waals surface area contributed by atoms with E-state index in [0.717, 1.165) is 212 Å². The molecule has 0 aliphatic heterocycles. The van der Waals surface area contributed by atoms with E-state index in [-0.39, 0.29) is 0 Å². The van der Waals surface area contributed by atoms with Crippen LogP contribution >= 0.6 is 21.6 Å². The first kappa shape index (κ1) is 74.8. The number of aromatic nitrogens is 9. The van der Waals surface area contributed by atoms with Gasteiger partial charge >= 0.3 is 0 Å². The SMILES string of the molecule is O=P(c1ccc2ccccc2c1)(c1cnc2ccccc2c1)c1cccc2c3ccccc3n3c4ccccc4nc3c12.O=P(c1ccccc1)(c1ccc2ccc3ccccc3c2c1)c1cccc2c3ccccc3n3c4ccccc4nc3c12.O=P(c1ccncc1)(c1cccc2c3ccccc3n3c4ccccc4nc3c12)n1c2ccccc2c2ccccc21. The summed E-state index contributed by atoms with van der Waals surface area (Å²) >= 11 is 0. The molecule has 0 saturated carbocycles. The number of benzene rings is 18. The molecule has 15 heteroatoms. The summed E-state index contributed by atoms with van der Waals surface area (Å²) in [6.45, 7) is 0. The lowest BCUT2D eigenvalue weighted by Crippen LogP contribution is -2.26.